The van der Waals surface area contributed by atoms with Crippen LogP contribution in [0, 0.1) is 15.9 Å². The molecule has 1 saturated heterocycles. The first kappa shape index (κ1) is 15.0. The van der Waals surface area contributed by atoms with E-state index in [2.05, 4.69) is 0 Å². The summed E-state index contributed by atoms with van der Waals surface area (Å²) in [4.78, 5) is 24.9. The molecule has 1 fully saturated rings. The van der Waals surface area contributed by atoms with Gasteiger partial charge in [0, 0.05) is 39.2 Å². The van der Waals surface area contributed by atoms with Crippen LogP contribution in [0.15, 0.2) is 12.1 Å². The number of nitro groups is 1. The number of nitro benzene ring substituents is 1. The highest BCUT2D eigenvalue weighted by atomic mass is 19.1. The topological polar surface area (TPSA) is 75.9 Å². The maximum Gasteiger partial charge on any atom is 0.313 e. The maximum atomic E-state index is 14.1. The van der Waals surface area contributed by atoms with Crippen LogP contribution in [0.25, 0.3) is 0 Å². The van der Waals surface area contributed by atoms with Gasteiger partial charge in [0.2, 0.25) is 5.91 Å². The Morgan fingerprint density at radius 2 is 1.95 bits per heavy atom. The van der Waals surface area contributed by atoms with Crippen molar-refractivity contribution < 1.29 is 18.8 Å². The predicted octanol–water partition coefficient (Wildman–Crippen LogP) is 1.41. The van der Waals surface area contributed by atoms with E-state index in [0.717, 1.165) is 6.07 Å². The molecule has 0 spiro atoms. The number of piperazine rings is 1. The van der Waals surface area contributed by atoms with Crippen molar-refractivity contribution in [3.05, 3.63) is 28.1 Å². The molecule has 1 aliphatic rings. The van der Waals surface area contributed by atoms with Crippen molar-refractivity contribution in [2.75, 3.05) is 38.2 Å². The number of amides is 1. The summed E-state index contributed by atoms with van der Waals surface area (Å²) in [6.07, 6.45) is 0. The summed E-state index contributed by atoms with van der Waals surface area (Å²) in [5.41, 5.74) is -0.151. The number of anilines is 1. The minimum Gasteiger partial charge on any atom is -0.490 e. The lowest BCUT2D eigenvalue weighted by Gasteiger charge is -2.35. The van der Waals surface area contributed by atoms with Crippen LogP contribution in [0.2, 0.25) is 0 Å². The molecule has 1 aliphatic heterocycles. The van der Waals surface area contributed by atoms with Crippen LogP contribution in [-0.2, 0) is 4.79 Å². The summed E-state index contributed by atoms with van der Waals surface area (Å²) in [5, 5.41) is 10.8. The molecule has 0 atom stereocenters. The minimum atomic E-state index is -0.681. The second kappa shape index (κ2) is 5.94. The van der Waals surface area contributed by atoms with Gasteiger partial charge in [-0.15, -0.1) is 0 Å². The summed E-state index contributed by atoms with van der Waals surface area (Å²) in [6, 6.07) is 2.20. The van der Waals surface area contributed by atoms with Gasteiger partial charge in [-0.3, -0.25) is 14.9 Å². The van der Waals surface area contributed by atoms with Crippen molar-refractivity contribution in [3.8, 4) is 5.75 Å². The van der Waals surface area contributed by atoms with E-state index in [1.54, 1.807) is 9.80 Å². The normalized spacial score (nSPS) is 15.0. The zero-order valence-corrected chi connectivity index (χ0v) is 11.8. The van der Waals surface area contributed by atoms with Crippen LogP contribution in [0.4, 0.5) is 15.8 Å². The second-order valence-corrected chi connectivity index (χ2v) is 4.73. The van der Waals surface area contributed by atoms with Crippen molar-refractivity contribution >= 4 is 17.3 Å². The van der Waals surface area contributed by atoms with Gasteiger partial charge in [0.25, 0.3) is 0 Å². The fourth-order valence-electron chi connectivity index (χ4n) is 2.34. The summed E-state index contributed by atoms with van der Waals surface area (Å²) in [5.74, 6) is -0.666. The summed E-state index contributed by atoms with van der Waals surface area (Å²) < 4.78 is 19.0. The third-order valence-electron chi connectivity index (χ3n) is 3.51. The molecule has 0 radical (unpaired) electrons. The number of halogens is 1. The Morgan fingerprint density at radius 3 is 2.43 bits per heavy atom. The Kier molecular flexibility index (Phi) is 4.25. The molecule has 1 aromatic rings. The molecule has 1 aromatic carbocycles. The standard InChI is InChI=1S/C13H16FN3O4/c1-9(18)15-3-5-16(6-4-15)11-8-13(21-2)12(17(19)20)7-10(11)14/h7-8H,3-6H2,1-2H3. The maximum absolute atomic E-state index is 14.1. The zero-order chi connectivity index (χ0) is 15.6. The zero-order valence-electron chi connectivity index (χ0n) is 11.8. The van der Waals surface area contributed by atoms with Gasteiger partial charge in [0.05, 0.1) is 23.8 Å². The second-order valence-electron chi connectivity index (χ2n) is 4.73. The average Bonchev–Trinajstić information content (AvgIpc) is 2.47. The molecule has 0 saturated carbocycles. The Bertz CT molecular complexity index is 571. The van der Waals surface area contributed by atoms with Gasteiger partial charge in [-0.05, 0) is 0 Å². The molecule has 0 bridgehead atoms. The number of rotatable bonds is 3. The molecule has 21 heavy (non-hydrogen) atoms. The summed E-state index contributed by atoms with van der Waals surface area (Å²) >= 11 is 0. The number of hydrogen-bond acceptors (Lipinski definition) is 5. The fraction of sp³-hybridized carbons (Fsp3) is 0.462. The third kappa shape index (κ3) is 3.04. The Labute approximate surface area is 121 Å². The molecule has 7 nitrogen and oxygen atoms in total. The fourth-order valence-corrected chi connectivity index (χ4v) is 2.34. The minimum absolute atomic E-state index is 0.0172. The number of ether oxygens (including phenoxy) is 1. The van der Waals surface area contributed by atoms with Crippen molar-refractivity contribution in [1.82, 2.24) is 4.90 Å². The molecule has 1 amide bonds. The largest absolute Gasteiger partial charge is 0.490 e. The lowest BCUT2D eigenvalue weighted by atomic mass is 10.2. The molecule has 0 unspecified atom stereocenters. The SMILES string of the molecule is COc1cc(N2CCN(C(C)=O)CC2)c(F)cc1[N+](=O)[O-]. The Balaban J connectivity index is 2.25. The molecule has 2 rings (SSSR count). The molecule has 0 aromatic heterocycles. The Morgan fingerprint density at radius 1 is 1.33 bits per heavy atom. The molecule has 0 N–H and O–H groups in total. The summed E-state index contributed by atoms with van der Waals surface area (Å²) in [6.45, 7) is 3.42. The number of benzene rings is 1. The van der Waals surface area contributed by atoms with Crippen LogP contribution in [0.3, 0.4) is 0 Å². The molecular weight excluding hydrogens is 281 g/mol. The monoisotopic (exact) mass is 297 g/mol. The van der Waals surface area contributed by atoms with Crippen molar-refractivity contribution in [3.63, 3.8) is 0 Å². The van der Waals surface area contributed by atoms with E-state index in [1.807, 2.05) is 0 Å². The highest BCUT2D eigenvalue weighted by Crippen LogP contribution is 2.34. The quantitative estimate of drug-likeness (QED) is 0.623. The lowest BCUT2D eigenvalue weighted by molar-refractivity contribution is -0.385. The van der Waals surface area contributed by atoms with Crippen LogP contribution >= 0.6 is 0 Å². The number of hydrogen-bond donors (Lipinski definition) is 0. The van der Waals surface area contributed by atoms with Crippen LogP contribution < -0.4 is 9.64 Å². The van der Waals surface area contributed by atoms with Gasteiger partial charge in [0.15, 0.2) is 11.6 Å². The van der Waals surface area contributed by atoms with Crippen LogP contribution in [-0.4, -0.2) is 49.0 Å². The molecule has 0 aliphatic carbocycles. The number of nitrogens with zero attached hydrogens (tertiary/aromatic N) is 3. The van der Waals surface area contributed by atoms with E-state index >= 15 is 0 Å². The van der Waals surface area contributed by atoms with E-state index in [-0.39, 0.29) is 17.3 Å². The van der Waals surface area contributed by atoms with Gasteiger partial charge in [-0.25, -0.2) is 4.39 Å². The molecule has 114 valence electrons. The Hall–Kier alpha value is -2.38. The van der Waals surface area contributed by atoms with Crippen LogP contribution in [0.1, 0.15) is 6.92 Å². The van der Waals surface area contributed by atoms with Gasteiger partial charge in [-0.1, -0.05) is 0 Å². The first-order valence-corrected chi connectivity index (χ1v) is 6.46. The third-order valence-corrected chi connectivity index (χ3v) is 3.51. The van der Waals surface area contributed by atoms with Gasteiger partial charge < -0.3 is 14.5 Å². The number of carbonyl (C=O) groups is 1. The molecule has 1 heterocycles. The molecule has 8 heteroatoms. The van der Waals surface area contributed by atoms with Crippen molar-refractivity contribution in [1.29, 1.82) is 0 Å². The van der Waals surface area contributed by atoms with E-state index < -0.39 is 16.4 Å². The van der Waals surface area contributed by atoms with E-state index in [4.69, 9.17) is 4.74 Å². The lowest BCUT2D eigenvalue weighted by Crippen LogP contribution is -2.48. The van der Waals surface area contributed by atoms with Gasteiger partial charge >= 0.3 is 5.69 Å². The smallest absolute Gasteiger partial charge is 0.313 e. The molecular formula is C13H16FN3O4. The van der Waals surface area contributed by atoms with E-state index in [0.29, 0.717) is 26.2 Å². The first-order valence-electron chi connectivity index (χ1n) is 6.46. The highest BCUT2D eigenvalue weighted by molar-refractivity contribution is 5.73. The van der Waals surface area contributed by atoms with Gasteiger partial charge in [0.1, 0.15) is 0 Å². The van der Waals surface area contributed by atoms with Gasteiger partial charge in [-0.2, -0.15) is 0 Å². The van der Waals surface area contributed by atoms with Crippen LogP contribution in [0.5, 0.6) is 5.75 Å². The van der Waals surface area contributed by atoms with E-state index in [9.17, 15) is 19.3 Å². The first-order chi connectivity index (χ1) is 9.93. The number of carbonyl (C=O) groups excluding carboxylic acids is 1. The average molecular weight is 297 g/mol. The highest BCUT2D eigenvalue weighted by Gasteiger charge is 2.25. The van der Waals surface area contributed by atoms with E-state index in [1.165, 1.54) is 20.1 Å². The number of methoxy groups -OCH3 is 1. The van der Waals surface area contributed by atoms with Crippen molar-refractivity contribution in [2.45, 2.75) is 6.92 Å². The summed E-state index contributed by atoms with van der Waals surface area (Å²) in [7, 11) is 1.30. The van der Waals surface area contributed by atoms with Crippen molar-refractivity contribution in [2.24, 2.45) is 0 Å². The predicted molar refractivity (Wildman–Crippen MR) is 74.1 cm³/mol.